The minimum atomic E-state index is -3.82. The quantitative estimate of drug-likeness (QED) is 0.412. The van der Waals surface area contributed by atoms with Crippen molar-refractivity contribution in [2.45, 2.75) is 11.8 Å². The van der Waals surface area contributed by atoms with E-state index in [2.05, 4.69) is 4.72 Å². The number of hydrogen-bond acceptors (Lipinski definition) is 7. The van der Waals surface area contributed by atoms with Crippen molar-refractivity contribution >= 4 is 27.5 Å². The topological polar surface area (TPSA) is 139 Å². The van der Waals surface area contributed by atoms with Crippen LogP contribution in [0.3, 0.4) is 0 Å². The number of nitriles is 1. The number of hydrogen-bond donors (Lipinski definition) is 2. The summed E-state index contributed by atoms with van der Waals surface area (Å²) < 4.78 is 32.0. The summed E-state index contributed by atoms with van der Waals surface area (Å²) in [4.78, 5) is 23.8. The summed E-state index contributed by atoms with van der Waals surface area (Å²) in [6, 6.07) is 15.0. The van der Waals surface area contributed by atoms with Gasteiger partial charge in [-0.2, -0.15) is 5.26 Å². The van der Waals surface area contributed by atoms with E-state index in [-0.39, 0.29) is 21.7 Å². The van der Waals surface area contributed by atoms with Crippen LogP contribution in [0.2, 0.25) is 0 Å². The Morgan fingerprint density at radius 2 is 1.71 bits per heavy atom. The SMILES string of the molecule is C/C(N)=C(/C#N)C(=O)COC(=O)c1ccc(S(=O)(=O)Nc2ccccc2)cc1. The van der Waals surface area contributed by atoms with Crippen LogP contribution in [-0.2, 0) is 19.6 Å². The molecular weight excluding hydrogens is 382 g/mol. The normalized spacial score (nSPS) is 11.7. The van der Waals surface area contributed by atoms with Gasteiger partial charge in [0.1, 0.15) is 11.6 Å². The van der Waals surface area contributed by atoms with E-state index in [1.165, 1.54) is 31.2 Å². The Kier molecular flexibility index (Phi) is 6.52. The molecule has 2 aromatic rings. The van der Waals surface area contributed by atoms with Crippen molar-refractivity contribution in [1.29, 1.82) is 5.26 Å². The zero-order chi connectivity index (χ0) is 20.7. The van der Waals surface area contributed by atoms with E-state index in [9.17, 15) is 18.0 Å². The first-order chi connectivity index (χ1) is 13.2. The van der Waals surface area contributed by atoms with Gasteiger partial charge in [-0.05, 0) is 43.3 Å². The van der Waals surface area contributed by atoms with Crippen LogP contribution in [-0.4, -0.2) is 26.8 Å². The Balaban J connectivity index is 2.06. The molecule has 0 aromatic heterocycles. The lowest BCUT2D eigenvalue weighted by Gasteiger charge is -2.09. The number of esters is 1. The second-order valence-corrected chi connectivity index (χ2v) is 7.35. The van der Waals surface area contributed by atoms with Crippen LogP contribution in [0.25, 0.3) is 0 Å². The fourth-order valence-electron chi connectivity index (χ4n) is 2.15. The first kappa shape index (κ1) is 20.7. The third-order valence-corrected chi connectivity index (χ3v) is 4.94. The van der Waals surface area contributed by atoms with Gasteiger partial charge in [-0.3, -0.25) is 9.52 Å². The number of Topliss-reactive ketones (excluding diaryl/α,β-unsaturated/α-hetero) is 1. The average Bonchev–Trinajstić information content (AvgIpc) is 2.67. The predicted octanol–water partition coefficient (Wildman–Crippen LogP) is 1.97. The lowest BCUT2D eigenvalue weighted by atomic mass is 10.1. The van der Waals surface area contributed by atoms with E-state index in [1.54, 1.807) is 36.4 Å². The third-order valence-electron chi connectivity index (χ3n) is 3.55. The van der Waals surface area contributed by atoms with Crippen LogP contribution in [0.4, 0.5) is 5.69 Å². The largest absolute Gasteiger partial charge is 0.454 e. The van der Waals surface area contributed by atoms with Gasteiger partial charge in [-0.1, -0.05) is 18.2 Å². The molecule has 0 amide bonds. The van der Waals surface area contributed by atoms with E-state index in [4.69, 9.17) is 15.7 Å². The summed E-state index contributed by atoms with van der Waals surface area (Å²) in [5.74, 6) is -1.55. The molecule has 0 saturated heterocycles. The summed E-state index contributed by atoms with van der Waals surface area (Å²) in [6.07, 6.45) is 0. The van der Waals surface area contributed by atoms with E-state index < -0.39 is 28.4 Å². The highest BCUT2D eigenvalue weighted by Crippen LogP contribution is 2.16. The molecule has 0 heterocycles. The van der Waals surface area contributed by atoms with Crippen molar-refractivity contribution in [2.24, 2.45) is 5.73 Å². The van der Waals surface area contributed by atoms with Gasteiger partial charge >= 0.3 is 5.97 Å². The first-order valence-corrected chi connectivity index (χ1v) is 9.47. The average molecular weight is 399 g/mol. The summed E-state index contributed by atoms with van der Waals surface area (Å²) in [5.41, 5.74) is 5.62. The van der Waals surface area contributed by atoms with Gasteiger partial charge in [0.2, 0.25) is 5.78 Å². The van der Waals surface area contributed by atoms with Crippen LogP contribution in [0.5, 0.6) is 0 Å². The molecule has 0 atom stereocenters. The number of ether oxygens (including phenoxy) is 1. The molecule has 0 fully saturated rings. The number of anilines is 1. The third kappa shape index (κ3) is 5.18. The standard InChI is InChI=1S/C19H17N3O5S/c1-13(21)17(11-20)18(23)12-27-19(24)14-7-9-16(10-8-14)28(25,26)22-15-5-3-2-4-6-15/h2-10,22H,12,21H2,1H3/b17-13+. The van der Waals surface area contributed by atoms with E-state index in [0.717, 1.165) is 0 Å². The number of sulfonamides is 1. The molecule has 144 valence electrons. The first-order valence-electron chi connectivity index (χ1n) is 7.99. The molecule has 0 aliphatic rings. The molecule has 0 radical (unpaired) electrons. The molecular formula is C19H17N3O5S. The van der Waals surface area contributed by atoms with Crippen LogP contribution >= 0.6 is 0 Å². The van der Waals surface area contributed by atoms with Gasteiger partial charge in [-0.25, -0.2) is 13.2 Å². The van der Waals surface area contributed by atoms with Gasteiger partial charge in [-0.15, -0.1) is 0 Å². The maximum atomic E-state index is 12.4. The molecule has 0 aliphatic heterocycles. The summed E-state index contributed by atoms with van der Waals surface area (Å²) in [6.45, 7) is 0.743. The lowest BCUT2D eigenvalue weighted by molar-refractivity contribution is -0.118. The van der Waals surface area contributed by atoms with Crippen LogP contribution < -0.4 is 10.5 Å². The number of nitrogens with zero attached hydrogens (tertiary/aromatic N) is 1. The van der Waals surface area contributed by atoms with E-state index >= 15 is 0 Å². The molecule has 0 spiro atoms. The number of rotatable bonds is 7. The number of nitrogens with one attached hydrogen (secondary N) is 1. The van der Waals surface area contributed by atoms with Crippen molar-refractivity contribution in [1.82, 2.24) is 0 Å². The monoisotopic (exact) mass is 399 g/mol. The zero-order valence-electron chi connectivity index (χ0n) is 14.9. The van der Waals surface area contributed by atoms with Crippen molar-refractivity contribution < 1.29 is 22.7 Å². The highest BCUT2D eigenvalue weighted by atomic mass is 32.2. The fraction of sp³-hybridized carbons (Fsp3) is 0.105. The Morgan fingerprint density at radius 1 is 1.11 bits per heavy atom. The lowest BCUT2D eigenvalue weighted by Crippen LogP contribution is -2.18. The van der Waals surface area contributed by atoms with Crippen LogP contribution in [0, 0.1) is 11.3 Å². The van der Waals surface area contributed by atoms with Crippen molar-refractivity contribution in [3.63, 3.8) is 0 Å². The number of nitrogens with two attached hydrogens (primary N) is 1. The number of para-hydroxylation sites is 1. The number of benzene rings is 2. The van der Waals surface area contributed by atoms with E-state index in [0.29, 0.717) is 5.69 Å². The summed E-state index contributed by atoms with van der Waals surface area (Å²) >= 11 is 0. The minimum absolute atomic E-state index is 0.0315. The second-order valence-electron chi connectivity index (χ2n) is 5.67. The smallest absolute Gasteiger partial charge is 0.338 e. The number of allylic oxidation sites excluding steroid dienone is 1. The molecule has 8 nitrogen and oxygen atoms in total. The van der Waals surface area contributed by atoms with Gasteiger partial charge in [0, 0.05) is 11.4 Å². The summed E-state index contributed by atoms with van der Waals surface area (Å²) in [7, 11) is -3.82. The van der Waals surface area contributed by atoms with Gasteiger partial charge in [0.15, 0.2) is 6.61 Å². The number of carbonyl (C=O) groups excluding carboxylic acids is 2. The Hall–Kier alpha value is -3.64. The highest BCUT2D eigenvalue weighted by molar-refractivity contribution is 7.92. The predicted molar refractivity (Wildman–Crippen MR) is 101 cm³/mol. The van der Waals surface area contributed by atoms with Crippen LogP contribution in [0.1, 0.15) is 17.3 Å². The van der Waals surface area contributed by atoms with Crippen molar-refractivity contribution in [2.75, 3.05) is 11.3 Å². The zero-order valence-corrected chi connectivity index (χ0v) is 15.7. The maximum absolute atomic E-state index is 12.4. The van der Waals surface area contributed by atoms with Crippen molar-refractivity contribution in [3.8, 4) is 6.07 Å². The molecule has 28 heavy (non-hydrogen) atoms. The number of carbonyl (C=O) groups is 2. The Bertz CT molecular complexity index is 1050. The number of ketones is 1. The molecule has 0 bridgehead atoms. The maximum Gasteiger partial charge on any atom is 0.338 e. The molecule has 3 N–H and O–H groups in total. The highest BCUT2D eigenvalue weighted by Gasteiger charge is 2.17. The van der Waals surface area contributed by atoms with Crippen LogP contribution in [0.15, 0.2) is 70.8 Å². The fourth-order valence-corrected chi connectivity index (χ4v) is 3.21. The molecule has 9 heteroatoms. The molecule has 2 aromatic carbocycles. The molecule has 0 aliphatic carbocycles. The molecule has 0 saturated carbocycles. The van der Waals surface area contributed by atoms with Gasteiger partial charge < -0.3 is 10.5 Å². The van der Waals surface area contributed by atoms with E-state index in [1.807, 2.05) is 0 Å². The molecule has 0 unspecified atom stereocenters. The molecule has 2 rings (SSSR count). The van der Waals surface area contributed by atoms with Gasteiger partial charge in [0.25, 0.3) is 10.0 Å². The second kappa shape index (κ2) is 8.83. The minimum Gasteiger partial charge on any atom is -0.454 e. The summed E-state index contributed by atoms with van der Waals surface area (Å²) in [5, 5.41) is 8.85. The van der Waals surface area contributed by atoms with Crippen molar-refractivity contribution in [3.05, 3.63) is 71.4 Å². The van der Waals surface area contributed by atoms with Gasteiger partial charge in [0.05, 0.1) is 10.5 Å². The Labute approximate surface area is 162 Å². The Morgan fingerprint density at radius 3 is 2.25 bits per heavy atom.